The van der Waals surface area contributed by atoms with Crippen LogP contribution in [-0.4, -0.2) is 28.6 Å². The van der Waals surface area contributed by atoms with E-state index in [1.165, 1.54) is 18.2 Å². The van der Waals surface area contributed by atoms with Crippen LogP contribution in [-0.2, 0) is 11.3 Å². The van der Waals surface area contributed by atoms with E-state index in [1.807, 2.05) is 22.6 Å². The summed E-state index contributed by atoms with van der Waals surface area (Å²) in [5, 5.41) is -0.395. The molecule has 0 atom stereocenters. The third-order valence-electron chi connectivity index (χ3n) is 5.09. The first-order chi connectivity index (χ1) is 17.3. The van der Waals surface area contributed by atoms with Crippen LogP contribution in [0.5, 0.6) is 11.5 Å². The van der Waals surface area contributed by atoms with Gasteiger partial charge in [-0.3, -0.25) is 14.5 Å². The molecule has 2 amide bonds. The maximum absolute atomic E-state index is 14.2. The molecule has 1 aliphatic heterocycles. The molecule has 3 aromatic carbocycles. The molecular formula is C26H18ClFINO5S. The zero-order chi connectivity index (χ0) is 25.8. The van der Waals surface area contributed by atoms with Crippen molar-refractivity contribution in [2.75, 3.05) is 6.61 Å². The first kappa shape index (κ1) is 26.2. The third-order valence-corrected chi connectivity index (χ3v) is 7.15. The fourth-order valence-corrected chi connectivity index (χ4v) is 5.18. The maximum Gasteiger partial charge on any atom is 0.343 e. The number of benzene rings is 3. The van der Waals surface area contributed by atoms with Crippen molar-refractivity contribution in [2.45, 2.75) is 13.5 Å². The van der Waals surface area contributed by atoms with Crippen molar-refractivity contribution in [3.05, 3.63) is 96.7 Å². The zero-order valence-corrected chi connectivity index (χ0v) is 22.5. The molecular weight excluding hydrogens is 620 g/mol. The number of halogens is 3. The number of thioether (sulfide) groups is 1. The molecule has 0 saturated carbocycles. The summed E-state index contributed by atoms with van der Waals surface area (Å²) in [5.41, 5.74) is 1.03. The number of amides is 2. The van der Waals surface area contributed by atoms with E-state index in [2.05, 4.69) is 0 Å². The van der Waals surface area contributed by atoms with Gasteiger partial charge in [0.2, 0.25) is 0 Å². The Morgan fingerprint density at radius 2 is 1.89 bits per heavy atom. The fourth-order valence-electron chi connectivity index (χ4n) is 3.39. The van der Waals surface area contributed by atoms with Crippen LogP contribution < -0.4 is 9.47 Å². The number of hydrogen-bond acceptors (Lipinski definition) is 6. The standard InChI is InChI=1S/C26H18ClFINO5S/c1-2-34-21-12-15(11-20(29)23(21)35-25(32)16-7-4-3-5-8-16)13-22-24(31)30(26(33)36-22)14-17-18(27)9-6-10-19(17)28/h3-13H,2,14H2,1H3/b22-13-. The summed E-state index contributed by atoms with van der Waals surface area (Å²) >= 11 is 8.83. The number of esters is 1. The van der Waals surface area contributed by atoms with Crippen molar-refractivity contribution >= 4 is 69.1 Å². The number of imide groups is 1. The Hall–Kier alpha value is -2.89. The predicted octanol–water partition coefficient (Wildman–Crippen LogP) is 6.94. The number of carbonyl (C=O) groups is 3. The normalized spacial score (nSPS) is 14.4. The minimum atomic E-state index is -0.595. The summed E-state index contributed by atoms with van der Waals surface area (Å²) in [6, 6.07) is 16.1. The van der Waals surface area contributed by atoms with Crippen LogP contribution in [0.4, 0.5) is 9.18 Å². The first-order valence-corrected chi connectivity index (χ1v) is 13.0. The lowest BCUT2D eigenvalue weighted by Crippen LogP contribution is -2.28. The number of hydrogen-bond donors (Lipinski definition) is 0. The molecule has 0 unspecified atom stereocenters. The Balaban J connectivity index is 1.60. The van der Waals surface area contributed by atoms with E-state index >= 15 is 0 Å². The smallest absolute Gasteiger partial charge is 0.343 e. The van der Waals surface area contributed by atoms with Crippen LogP contribution in [0.15, 0.2) is 65.6 Å². The molecule has 0 radical (unpaired) electrons. The SMILES string of the molecule is CCOc1cc(/C=C2\SC(=O)N(Cc3c(F)cccc3Cl)C2=O)cc(I)c1OC(=O)c1ccccc1. The second-order valence-electron chi connectivity index (χ2n) is 7.49. The average molecular weight is 638 g/mol. The van der Waals surface area contributed by atoms with Gasteiger partial charge in [0, 0.05) is 10.6 Å². The molecule has 3 aromatic rings. The maximum atomic E-state index is 14.2. The van der Waals surface area contributed by atoms with Gasteiger partial charge in [-0.15, -0.1) is 0 Å². The topological polar surface area (TPSA) is 72.9 Å². The number of rotatable bonds is 7. The fraction of sp³-hybridized carbons (Fsp3) is 0.115. The molecule has 1 fully saturated rings. The van der Waals surface area contributed by atoms with Gasteiger partial charge in [-0.05, 0) is 89.3 Å². The lowest BCUT2D eigenvalue weighted by Gasteiger charge is -2.14. The predicted molar refractivity (Wildman–Crippen MR) is 145 cm³/mol. The number of nitrogens with zero attached hydrogens (tertiary/aromatic N) is 1. The van der Waals surface area contributed by atoms with Crippen LogP contribution in [0, 0.1) is 9.39 Å². The molecule has 0 spiro atoms. The second-order valence-corrected chi connectivity index (χ2v) is 10.0. The minimum absolute atomic E-state index is 0.0699. The monoisotopic (exact) mass is 637 g/mol. The molecule has 0 N–H and O–H groups in total. The number of ether oxygens (including phenoxy) is 2. The lowest BCUT2D eigenvalue weighted by molar-refractivity contribution is -0.123. The summed E-state index contributed by atoms with van der Waals surface area (Å²) < 4.78 is 26.1. The van der Waals surface area contributed by atoms with Crippen LogP contribution in [0.25, 0.3) is 6.08 Å². The molecule has 4 rings (SSSR count). The minimum Gasteiger partial charge on any atom is -0.490 e. The summed E-state index contributed by atoms with van der Waals surface area (Å²) in [6.07, 6.45) is 1.54. The molecule has 1 aliphatic rings. The molecule has 0 aromatic heterocycles. The molecule has 0 aliphatic carbocycles. The van der Waals surface area contributed by atoms with Crippen molar-refractivity contribution in [3.63, 3.8) is 0 Å². The van der Waals surface area contributed by atoms with Crippen molar-refractivity contribution in [3.8, 4) is 11.5 Å². The molecule has 0 bridgehead atoms. The van der Waals surface area contributed by atoms with E-state index in [9.17, 15) is 18.8 Å². The average Bonchev–Trinajstić information content (AvgIpc) is 3.11. The molecule has 1 saturated heterocycles. The van der Waals surface area contributed by atoms with Crippen LogP contribution >= 0.6 is 46.0 Å². The van der Waals surface area contributed by atoms with Crippen molar-refractivity contribution in [1.82, 2.24) is 4.90 Å². The third kappa shape index (κ3) is 5.74. The van der Waals surface area contributed by atoms with Gasteiger partial charge in [0.05, 0.1) is 27.2 Å². The van der Waals surface area contributed by atoms with Gasteiger partial charge in [-0.1, -0.05) is 35.9 Å². The van der Waals surface area contributed by atoms with Gasteiger partial charge in [0.25, 0.3) is 11.1 Å². The molecule has 36 heavy (non-hydrogen) atoms. The zero-order valence-electron chi connectivity index (χ0n) is 18.8. The molecule has 10 heteroatoms. The Labute approximate surface area is 229 Å². The summed E-state index contributed by atoms with van der Waals surface area (Å²) in [6.45, 7) is 1.83. The van der Waals surface area contributed by atoms with Crippen LogP contribution in [0.2, 0.25) is 5.02 Å². The highest BCUT2D eigenvalue weighted by Gasteiger charge is 2.36. The van der Waals surface area contributed by atoms with E-state index in [4.69, 9.17) is 21.1 Å². The second kappa shape index (κ2) is 11.4. The van der Waals surface area contributed by atoms with E-state index in [0.29, 0.717) is 27.1 Å². The van der Waals surface area contributed by atoms with E-state index in [0.717, 1.165) is 16.7 Å². The highest BCUT2D eigenvalue weighted by atomic mass is 127. The van der Waals surface area contributed by atoms with Gasteiger partial charge in [-0.2, -0.15) is 0 Å². The first-order valence-electron chi connectivity index (χ1n) is 10.7. The van der Waals surface area contributed by atoms with Crippen LogP contribution in [0.1, 0.15) is 28.4 Å². The van der Waals surface area contributed by atoms with Gasteiger partial charge in [-0.25, -0.2) is 9.18 Å². The Morgan fingerprint density at radius 1 is 1.14 bits per heavy atom. The summed E-state index contributed by atoms with van der Waals surface area (Å²) in [5.74, 6) is -1.11. The quantitative estimate of drug-likeness (QED) is 0.121. The summed E-state index contributed by atoms with van der Waals surface area (Å²) in [4.78, 5) is 39.2. The number of carbonyl (C=O) groups excluding carboxylic acids is 3. The van der Waals surface area contributed by atoms with Gasteiger partial charge in [0.15, 0.2) is 11.5 Å². The van der Waals surface area contributed by atoms with Crippen LogP contribution in [0.3, 0.4) is 0 Å². The Morgan fingerprint density at radius 3 is 2.58 bits per heavy atom. The van der Waals surface area contributed by atoms with E-state index < -0.39 is 22.9 Å². The van der Waals surface area contributed by atoms with Gasteiger partial charge in [0.1, 0.15) is 5.82 Å². The van der Waals surface area contributed by atoms with Gasteiger partial charge >= 0.3 is 5.97 Å². The van der Waals surface area contributed by atoms with E-state index in [1.54, 1.807) is 55.5 Å². The Kier molecular flexibility index (Phi) is 8.32. The van der Waals surface area contributed by atoms with Gasteiger partial charge < -0.3 is 9.47 Å². The molecule has 6 nitrogen and oxygen atoms in total. The highest BCUT2D eigenvalue weighted by molar-refractivity contribution is 14.1. The highest BCUT2D eigenvalue weighted by Crippen LogP contribution is 2.38. The Bertz CT molecular complexity index is 1360. The van der Waals surface area contributed by atoms with Crippen molar-refractivity contribution in [1.29, 1.82) is 0 Å². The molecule has 1 heterocycles. The molecule has 184 valence electrons. The largest absolute Gasteiger partial charge is 0.490 e. The van der Waals surface area contributed by atoms with Crippen molar-refractivity contribution < 1.29 is 28.2 Å². The van der Waals surface area contributed by atoms with E-state index in [-0.39, 0.29) is 27.8 Å². The lowest BCUT2D eigenvalue weighted by atomic mass is 10.1. The summed E-state index contributed by atoms with van der Waals surface area (Å²) in [7, 11) is 0. The van der Waals surface area contributed by atoms with Crippen molar-refractivity contribution in [2.24, 2.45) is 0 Å².